The first kappa shape index (κ1) is 16.9. The first-order valence-electron chi connectivity index (χ1n) is 6.96. The molecule has 1 rings (SSSR count). The van der Waals surface area contributed by atoms with Crippen molar-refractivity contribution in [2.24, 2.45) is 7.05 Å². The van der Waals surface area contributed by atoms with Gasteiger partial charge in [0.05, 0.1) is 11.7 Å². The van der Waals surface area contributed by atoms with Crippen LogP contribution in [0, 0.1) is 13.8 Å². The molecule has 0 aliphatic heterocycles. The van der Waals surface area contributed by atoms with E-state index in [1.54, 1.807) is 11.8 Å². The average Bonchev–Trinajstić information content (AvgIpc) is 2.61. The average molecular weight is 298 g/mol. The van der Waals surface area contributed by atoms with Gasteiger partial charge in [-0.15, -0.1) is 0 Å². The Morgan fingerprint density at radius 2 is 2.05 bits per heavy atom. The van der Waals surface area contributed by atoms with Gasteiger partial charge in [-0.05, 0) is 33.4 Å². The zero-order chi connectivity index (χ0) is 15.3. The van der Waals surface area contributed by atoms with E-state index < -0.39 is 0 Å². The number of amides is 2. The molecule has 0 aliphatic rings. The van der Waals surface area contributed by atoms with Crippen LogP contribution < -0.4 is 10.6 Å². The van der Waals surface area contributed by atoms with Crippen LogP contribution in [-0.4, -0.2) is 33.9 Å². The molecule has 2 atom stereocenters. The molecule has 0 spiro atoms. The summed E-state index contributed by atoms with van der Waals surface area (Å²) in [6.07, 6.45) is 2.88. The Balaban J connectivity index is 2.74. The van der Waals surface area contributed by atoms with Crippen molar-refractivity contribution in [3.63, 3.8) is 0 Å². The Morgan fingerprint density at radius 3 is 2.50 bits per heavy atom. The van der Waals surface area contributed by atoms with Crippen molar-refractivity contribution < 1.29 is 4.79 Å². The van der Waals surface area contributed by atoms with E-state index in [1.807, 2.05) is 38.8 Å². The van der Waals surface area contributed by atoms with Crippen molar-refractivity contribution in [3.8, 4) is 0 Å². The lowest BCUT2D eigenvalue weighted by atomic mass is 10.0. The maximum atomic E-state index is 12.0. The number of thioether (sulfide) groups is 1. The fourth-order valence-electron chi connectivity index (χ4n) is 2.39. The normalized spacial score (nSPS) is 13.9. The Bertz CT molecular complexity index is 458. The van der Waals surface area contributed by atoms with Crippen molar-refractivity contribution in [1.29, 1.82) is 0 Å². The predicted octanol–water partition coefficient (Wildman–Crippen LogP) is 2.54. The molecule has 1 aromatic heterocycles. The van der Waals surface area contributed by atoms with Crippen LogP contribution in [-0.2, 0) is 7.05 Å². The molecule has 2 N–H and O–H groups in total. The first-order chi connectivity index (χ1) is 9.40. The number of rotatable bonds is 6. The smallest absolute Gasteiger partial charge is 0.315 e. The Labute approximate surface area is 125 Å². The summed E-state index contributed by atoms with van der Waals surface area (Å²) in [4.78, 5) is 12.0. The fraction of sp³-hybridized carbons (Fsp3) is 0.714. The zero-order valence-electron chi connectivity index (χ0n) is 13.3. The van der Waals surface area contributed by atoms with Crippen molar-refractivity contribution in [2.75, 3.05) is 12.0 Å². The third-order valence-corrected chi connectivity index (χ3v) is 4.25. The van der Waals surface area contributed by atoms with E-state index in [4.69, 9.17) is 0 Å². The maximum Gasteiger partial charge on any atom is 0.315 e. The van der Waals surface area contributed by atoms with Gasteiger partial charge >= 0.3 is 6.03 Å². The van der Waals surface area contributed by atoms with Crippen molar-refractivity contribution in [3.05, 3.63) is 17.0 Å². The largest absolute Gasteiger partial charge is 0.335 e. The molecule has 0 fully saturated rings. The molecule has 0 aromatic carbocycles. The van der Waals surface area contributed by atoms with E-state index in [2.05, 4.69) is 22.7 Å². The van der Waals surface area contributed by atoms with Crippen molar-refractivity contribution in [2.45, 2.75) is 46.2 Å². The van der Waals surface area contributed by atoms with Crippen molar-refractivity contribution in [1.82, 2.24) is 20.4 Å². The molecule has 0 radical (unpaired) electrons. The lowest BCUT2D eigenvalue weighted by molar-refractivity contribution is 0.234. The van der Waals surface area contributed by atoms with Gasteiger partial charge in [-0.25, -0.2) is 4.79 Å². The lowest BCUT2D eigenvalue weighted by Crippen LogP contribution is -2.43. The van der Waals surface area contributed by atoms with Crippen LogP contribution in [0.4, 0.5) is 4.79 Å². The molecule has 0 saturated carbocycles. The molecule has 114 valence electrons. The van der Waals surface area contributed by atoms with E-state index in [0.717, 1.165) is 29.1 Å². The minimum atomic E-state index is -0.110. The number of hydrogen-bond acceptors (Lipinski definition) is 3. The molecule has 2 unspecified atom stereocenters. The minimum absolute atomic E-state index is 0.00480. The molecule has 1 aromatic rings. The summed E-state index contributed by atoms with van der Waals surface area (Å²) in [7, 11) is 1.93. The van der Waals surface area contributed by atoms with Crippen LogP contribution in [0.3, 0.4) is 0 Å². The molecule has 0 saturated heterocycles. The number of carbonyl (C=O) groups is 1. The Hall–Kier alpha value is -1.17. The fourth-order valence-corrected chi connectivity index (χ4v) is 2.97. The monoisotopic (exact) mass is 298 g/mol. The minimum Gasteiger partial charge on any atom is -0.335 e. The highest BCUT2D eigenvalue weighted by Gasteiger charge is 2.20. The van der Waals surface area contributed by atoms with E-state index >= 15 is 0 Å². The van der Waals surface area contributed by atoms with Gasteiger partial charge in [0.25, 0.3) is 0 Å². The molecular formula is C14H26N4OS. The molecule has 1 heterocycles. The predicted molar refractivity (Wildman–Crippen MR) is 85.2 cm³/mol. The van der Waals surface area contributed by atoms with Gasteiger partial charge in [0, 0.05) is 30.1 Å². The first-order valence-corrected chi connectivity index (χ1v) is 8.36. The summed E-state index contributed by atoms with van der Waals surface area (Å²) in [6.45, 7) is 8.11. The topological polar surface area (TPSA) is 59.0 Å². The number of urea groups is 1. The highest BCUT2D eigenvalue weighted by molar-refractivity contribution is 7.98. The van der Waals surface area contributed by atoms with Crippen LogP contribution in [0.1, 0.15) is 43.3 Å². The number of aryl methyl sites for hydroxylation is 2. The van der Waals surface area contributed by atoms with Crippen LogP contribution in [0.2, 0.25) is 0 Å². The van der Waals surface area contributed by atoms with Gasteiger partial charge in [0.2, 0.25) is 0 Å². The van der Waals surface area contributed by atoms with Crippen LogP contribution >= 0.6 is 11.8 Å². The summed E-state index contributed by atoms with van der Waals surface area (Å²) in [6, 6.07) is 0.0600. The second-order valence-electron chi connectivity index (χ2n) is 5.14. The van der Waals surface area contributed by atoms with Crippen molar-refractivity contribution >= 4 is 17.8 Å². The highest BCUT2D eigenvalue weighted by Crippen LogP contribution is 2.23. The quantitative estimate of drug-likeness (QED) is 0.848. The Kier molecular flexibility index (Phi) is 6.39. The molecule has 6 heteroatoms. The molecule has 5 nitrogen and oxygen atoms in total. The standard InChI is InChI=1S/C14H26N4OS/c1-7-12(13-10(3)17-18(5)11(13)4)16-14(19)15-9(2)8-20-6/h9,12H,7-8H2,1-6H3,(H2,15,16,19). The maximum absolute atomic E-state index is 12.0. The molecular weight excluding hydrogens is 272 g/mol. The second kappa shape index (κ2) is 7.57. The summed E-state index contributed by atoms with van der Waals surface area (Å²) in [5.74, 6) is 0.912. The summed E-state index contributed by atoms with van der Waals surface area (Å²) in [5, 5.41) is 10.4. The number of hydrogen-bond donors (Lipinski definition) is 2. The van der Waals surface area contributed by atoms with Crippen LogP contribution in [0.15, 0.2) is 0 Å². The lowest BCUT2D eigenvalue weighted by Gasteiger charge is -2.20. The SMILES string of the molecule is CCC(NC(=O)NC(C)CSC)c1c(C)nn(C)c1C. The van der Waals surface area contributed by atoms with E-state index in [9.17, 15) is 4.79 Å². The zero-order valence-corrected chi connectivity index (χ0v) is 14.1. The van der Waals surface area contributed by atoms with Gasteiger partial charge in [0.15, 0.2) is 0 Å². The van der Waals surface area contributed by atoms with Gasteiger partial charge in [-0.2, -0.15) is 16.9 Å². The van der Waals surface area contributed by atoms with Gasteiger partial charge in [-0.3, -0.25) is 4.68 Å². The van der Waals surface area contributed by atoms with Crippen LogP contribution in [0.25, 0.3) is 0 Å². The van der Waals surface area contributed by atoms with E-state index in [1.165, 1.54) is 0 Å². The molecule has 2 amide bonds. The van der Waals surface area contributed by atoms with Gasteiger partial charge < -0.3 is 10.6 Å². The van der Waals surface area contributed by atoms with Gasteiger partial charge in [-0.1, -0.05) is 6.92 Å². The number of carbonyl (C=O) groups excluding carboxylic acids is 1. The molecule has 0 bridgehead atoms. The second-order valence-corrected chi connectivity index (χ2v) is 6.05. The van der Waals surface area contributed by atoms with E-state index in [-0.39, 0.29) is 18.1 Å². The summed E-state index contributed by atoms with van der Waals surface area (Å²) in [5.41, 5.74) is 3.21. The summed E-state index contributed by atoms with van der Waals surface area (Å²) < 4.78 is 1.86. The highest BCUT2D eigenvalue weighted by atomic mass is 32.2. The number of nitrogens with zero attached hydrogens (tertiary/aromatic N) is 2. The number of nitrogens with one attached hydrogen (secondary N) is 2. The van der Waals surface area contributed by atoms with E-state index in [0.29, 0.717) is 0 Å². The number of aromatic nitrogens is 2. The molecule has 0 aliphatic carbocycles. The Morgan fingerprint density at radius 1 is 1.40 bits per heavy atom. The summed E-state index contributed by atoms with van der Waals surface area (Å²) >= 11 is 1.73. The third-order valence-electron chi connectivity index (χ3n) is 3.42. The van der Waals surface area contributed by atoms with Gasteiger partial charge in [0.1, 0.15) is 0 Å². The van der Waals surface area contributed by atoms with Crippen LogP contribution in [0.5, 0.6) is 0 Å². The third kappa shape index (κ3) is 4.16. The molecule has 20 heavy (non-hydrogen) atoms.